The molecule has 0 fully saturated rings. The summed E-state index contributed by atoms with van der Waals surface area (Å²) in [5, 5.41) is 11.2. The fourth-order valence-corrected chi connectivity index (χ4v) is 1.93. The molecule has 0 radical (unpaired) electrons. The van der Waals surface area contributed by atoms with Gasteiger partial charge in [-0.1, -0.05) is 6.07 Å². The third-order valence-corrected chi connectivity index (χ3v) is 3.42. The van der Waals surface area contributed by atoms with Crippen LogP contribution in [0.15, 0.2) is 29.2 Å². The van der Waals surface area contributed by atoms with Crippen LogP contribution < -0.4 is 5.32 Å². The number of hydrogen-bond donors (Lipinski definition) is 1. The fourth-order valence-electron chi connectivity index (χ4n) is 1.26. The Morgan fingerprint density at radius 1 is 1.50 bits per heavy atom. The average Bonchev–Trinajstić information content (AvgIpc) is 2.34. The molecule has 5 nitrogen and oxygen atoms in total. The number of carbonyl (C=O) groups is 1. The predicted octanol–water partition coefficient (Wildman–Crippen LogP) is 0.980. The van der Waals surface area contributed by atoms with Crippen molar-refractivity contribution in [3.8, 4) is 6.07 Å². The van der Waals surface area contributed by atoms with E-state index < -0.39 is 9.84 Å². The molecule has 1 unspecified atom stereocenters. The first-order chi connectivity index (χ1) is 8.34. The summed E-state index contributed by atoms with van der Waals surface area (Å²) in [5.74, 6) is -0.672. The van der Waals surface area contributed by atoms with Gasteiger partial charge in [0, 0.05) is 18.4 Å². The van der Waals surface area contributed by atoms with Gasteiger partial charge >= 0.3 is 0 Å². The largest absolute Gasteiger partial charge is 0.351 e. The SMILES string of the molecule is CC(C#N)CNC(=O)c1cccc(S(C)(=O)=O)c1. The molecule has 1 aromatic carbocycles. The lowest BCUT2D eigenvalue weighted by Crippen LogP contribution is -2.27. The molecule has 0 spiro atoms. The van der Waals surface area contributed by atoms with Gasteiger partial charge in [-0.2, -0.15) is 5.26 Å². The summed E-state index contributed by atoms with van der Waals surface area (Å²) in [5.41, 5.74) is 0.267. The minimum absolute atomic E-state index is 0.100. The zero-order valence-corrected chi connectivity index (χ0v) is 11.0. The number of amides is 1. The molecule has 0 aromatic heterocycles. The Hall–Kier alpha value is -1.87. The summed E-state index contributed by atoms with van der Waals surface area (Å²) < 4.78 is 22.7. The van der Waals surface area contributed by atoms with Crippen LogP contribution in [-0.2, 0) is 9.84 Å². The predicted molar refractivity (Wildman–Crippen MR) is 66.7 cm³/mol. The number of rotatable bonds is 4. The summed E-state index contributed by atoms with van der Waals surface area (Å²) in [6.45, 7) is 1.92. The zero-order chi connectivity index (χ0) is 13.8. The van der Waals surface area contributed by atoms with Crippen LogP contribution in [-0.4, -0.2) is 27.1 Å². The van der Waals surface area contributed by atoms with Crippen LogP contribution in [0.1, 0.15) is 17.3 Å². The Balaban J connectivity index is 2.85. The first kappa shape index (κ1) is 14.2. The Bertz CT molecular complexity index is 588. The van der Waals surface area contributed by atoms with Gasteiger partial charge in [-0.25, -0.2) is 8.42 Å². The van der Waals surface area contributed by atoms with Crippen LogP contribution in [0, 0.1) is 17.2 Å². The molecule has 0 bridgehead atoms. The molecule has 1 amide bonds. The molecule has 6 heteroatoms. The van der Waals surface area contributed by atoms with Crippen LogP contribution in [0.2, 0.25) is 0 Å². The lowest BCUT2D eigenvalue weighted by molar-refractivity contribution is 0.0950. The van der Waals surface area contributed by atoms with Crippen molar-refractivity contribution in [1.29, 1.82) is 5.26 Å². The van der Waals surface area contributed by atoms with E-state index in [-0.39, 0.29) is 28.8 Å². The van der Waals surface area contributed by atoms with E-state index in [2.05, 4.69) is 5.32 Å². The van der Waals surface area contributed by atoms with Crippen molar-refractivity contribution in [3.63, 3.8) is 0 Å². The maximum Gasteiger partial charge on any atom is 0.251 e. The first-order valence-corrected chi connectivity index (χ1v) is 7.21. The monoisotopic (exact) mass is 266 g/mol. The van der Waals surface area contributed by atoms with Gasteiger partial charge < -0.3 is 5.32 Å². The normalized spacial score (nSPS) is 12.5. The second kappa shape index (κ2) is 5.65. The number of benzene rings is 1. The van der Waals surface area contributed by atoms with E-state index >= 15 is 0 Å². The molecule has 0 aliphatic heterocycles. The van der Waals surface area contributed by atoms with Gasteiger partial charge in [-0.15, -0.1) is 0 Å². The fraction of sp³-hybridized carbons (Fsp3) is 0.333. The molecule has 0 saturated heterocycles. The van der Waals surface area contributed by atoms with Crippen molar-refractivity contribution in [2.24, 2.45) is 5.92 Å². The van der Waals surface area contributed by atoms with Crippen LogP contribution >= 0.6 is 0 Å². The Morgan fingerprint density at radius 3 is 2.72 bits per heavy atom. The minimum atomic E-state index is -3.33. The van der Waals surface area contributed by atoms with Gasteiger partial charge in [0.1, 0.15) is 0 Å². The highest BCUT2D eigenvalue weighted by molar-refractivity contribution is 7.90. The second-order valence-electron chi connectivity index (χ2n) is 4.04. The van der Waals surface area contributed by atoms with Crippen LogP contribution in [0.4, 0.5) is 0 Å². The lowest BCUT2D eigenvalue weighted by atomic mass is 10.2. The molecule has 1 N–H and O–H groups in total. The van der Waals surface area contributed by atoms with Gasteiger partial charge in [0.2, 0.25) is 0 Å². The van der Waals surface area contributed by atoms with Gasteiger partial charge in [0.25, 0.3) is 5.91 Å². The highest BCUT2D eigenvalue weighted by atomic mass is 32.2. The topological polar surface area (TPSA) is 87.0 Å². The highest BCUT2D eigenvalue weighted by Gasteiger charge is 2.12. The van der Waals surface area contributed by atoms with E-state index in [4.69, 9.17) is 5.26 Å². The molecule has 1 atom stereocenters. The van der Waals surface area contributed by atoms with Crippen LogP contribution in [0.5, 0.6) is 0 Å². The van der Waals surface area contributed by atoms with Crippen molar-refractivity contribution >= 4 is 15.7 Å². The van der Waals surface area contributed by atoms with Gasteiger partial charge in [0.05, 0.1) is 16.9 Å². The first-order valence-electron chi connectivity index (χ1n) is 5.32. The summed E-state index contributed by atoms with van der Waals surface area (Å²) in [6, 6.07) is 7.79. The molecular weight excluding hydrogens is 252 g/mol. The van der Waals surface area contributed by atoms with Gasteiger partial charge in [0.15, 0.2) is 9.84 Å². The standard InChI is InChI=1S/C12H14N2O3S/c1-9(7-13)8-14-12(15)10-4-3-5-11(6-10)18(2,16)17/h3-6,9H,8H2,1-2H3,(H,14,15). The number of carbonyl (C=O) groups excluding carboxylic acids is 1. The zero-order valence-electron chi connectivity index (χ0n) is 10.2. The second-order valence-corrected chi connectivity index (χ2v) is 6.06. The van der Waals surface area contributed by atoms with Gasteiger partial charge in [-0.3, -0.25) is 4.79 Å². The number of hydrogen-bond acceptors (Lipinski definition) is 4. The molecule has 1 aromatic rings. The average molecular weight is 266 g/mol. The molecule has 0 aliphatic carbocycles. The molecule has 0 heterocycles. The number of nitrogens with one attached hydrogen (secondary N) is 1. The molecular formula is C12H14N2O3S. The van der Waals surface area contributed by atoms with Crippen LogP contribution in [0.25, 0.3) is 0 Å². The Labute approximate surface area is 106 Å². The number of sulfone groups is 1. The molecule has 1 rings (SSSR count). The summed E-state index contributed by atoms with van der Waals surface area (Å²) >= 11 is 0. The Kier molecular flexibility index (Phi) is 4.45. The van der Waals surface area contributed by atoms with Crippen molar-refractivity contribution in [2.75, 3.05) is 12.8 Å². The third kappa shape index (κ3) is 3.86. The van der Waals surface area contributed by atoms with E-state index in [9.17, 15) is 13.2 Å². The molecule has 0 aliphatic rings. The maximum atomic E-state index is 11.7. The minimum Gasteiger partial charge on any atom is -0.351 e. The summed E-state index contributed by atoms with van der Waals surface area (Å²) in [4.78, 5) is 11.8. The molecule has 0 saturated carbocycles. The van der Waals surface area contributed by atoms with E-state index in [0.29, 0.717) is 0 Å². The van der Waals surface area contributed by atoms with Crippen molar-refractivity contribution in [2.45, 2.75) is 11.8 Å². The van der Waals surface area contributed by atoms with E-state index in [1.165, 1.54) is 24.3 Å². The molecule has 18 heavy (non-hydrogen) atoms. The summed E-state index contributed by atoms with van der Waals surface area (Å²) in [6.07, 6.45) is 1.09. The Morgan fingerprint density at radius 2 is 2.17 bits per heavy atom. The smallest absolute Gasteiger partial charge is 0.251 e. The van der Waals surface area contributed by atoms with E-state index in [0.717, 1.165) is 6.26 Å². The van der Waals surface area contributed by atoms with E-state index in [1.807, 2.05) is 6.07 Å². The third-order valence-electron chi connectivity index (χ3n) is 2.31. The van der Waals surface area contributed by atoms with E-state index in [1.54, 1.807) is 6.92 Å². The quantitative estimate of drug-likeness (QED) is 0.880. The van der Waals surface area contributed by atoms with Crippen molar-refractivity contribution in [3.05, 3.63) is 29.8 Å². The molecule has 96 valence electrons. The van der Waals surface area contributed by atoms with Crippen molar-refractivity contribution < 1.29 is 13.2 Å². The van der Waals surface area contributed by atoms with Crippen molar-refractivity contribution in [1.82, 2.24) is 5.32 Å². The maximum absolute atomic E-state index is 11.7. The number of nitrogens with zero attached hydrogens (tertiary/aromatic N) is 1. The highest BCUT2D eigenvalue weighted by Crippen LogP contribution is 2.11. The van der Waals surface area contributed by atoms with Gasteiger partial charge in [-0.05, 0) is 25.1 Å². The number of nitriles is 1. The lowest BCUT2D eigenvalue weighted by Gasteiger charge is -2.07. The van der Waals surface area contributed by atoms with Crippen LogP contribution in [0.3, 0.4) is 0 Å². The summed E-state index contributed by atoms with van der Waals surface area (Å²) in [7, 11) is -3.33.